The van der Waals surface area contributed by atoms with Crippen LogP contribution in [0.3, 0.4) is 0 Å². The molecule has 2 atom stereocenters. The highest BCUT2D eigenvalue weighted by Crippen LogP contribution is 2.09. The summed E-state index contributed by atoms with van der Waals surface area (Å²) in [5.41, 5.74) is 5.54. The molecule has 1 amide bonds. The Labute approximate surface area is 116 Å². The van der Waals surface area contributed by atoms with Crippen molar-refractivity contribution in [3.63, 3.8) is 0 Å². The van der Waals surface area contributed by atoms with E-state index in [1.54, 1.807) is 0 Å². The Hall–Kier alpha value is -1.30. The average molecular weight is 272 g/mol. The summed E-state index contributed by atoms with van der Waals surface area (Å²) >= 11 is 0. The molecule has 0 fully saturated rings. The molecular weight excluding hydrogens is 244 g/mol. The molecule has 0 aromatic heterocycles. The van der Waals surface area contributed by atoms with Crippen LogP contribution in [0, 0.1) is 11.8 Å². The molecule has 0 saturated carbocycles. The quantitative estimate of drug-likeness (QED) is 0.264. The van der Waals surface area contributed by atoms with Crippen molar-refractivity contribution in [1.82, 2.24) is 10.2 Å². The number of amides is 1. The molecule has 0 aliphatic heterocycles. The van der Waals surface area contributed by atoms with Gasteiger partial charge in [0.1, 0.15) is 0 Å². The van der Waals surface area contributed by atoms with Gasteiger partial charge in [0.15, 0.2) is 5.84 Å². The van der Waals surface area contributed by atoms with Crippen LogP contribution in [0.5, 0.6) is 0 Å². The van der Waals surface area contributed by atoms with Crippen LogP contribution < -0.4 is 11.1 Å². The SMILES string of the molecule is CCC(C(=O)NC(CC(C)C)CN(C)C)C(N)=NO. The molecule has 4 N–H and O–H groups in total. The molecule has 2 unspecified atom stereocenters. The van der Waals surface area contributed by atoms with Crippen LogP contribution in [0.2, 0.25) is 0 Å². The van der Waals surface area contributed by atoms with Gasteiger partial charge in [0.05, 0.1) is 5.92 Å². The zero-order valence-electron chi connectivity index (χ0n) is 12.7. The molecule has 6 heteroatoms. The third-order valence-electron chi connectivity index (χ3n) is 2.89. The van der Waals surface area contributed by atoms with E-state index in [0.717, 1.165) is 13.0 Å². The van der Waals surface area contributed by atoms with Gasteiger partial charge in [0.2, 0.25) is 5.91 Å². The number of oxime groups is 1. The van der Waals surface area contributed by atoms with E-state index < -0.39 is 5.92 Å². The third-order valence-corrected chi connectivity index (χ3v) is 2.89. The Morgan fingerprint density at radius 3 is 2.37 bits per heavy atom. The number of carbonyl (C=O) groups excluding carboxylic acids is 1. The molecule has 0 heterocycles. The first-order valence-corrected chi connectivity index (χ1v) is 6.74. The predicted molar refractivity (Wildman–Crippen MR) is 77.1 cm³/mol. The minimum absolute atomic E-state index is 0.0341. The molecule has 112 valence electrons. The first kappa shape index (κ1) is 17.7. The molecule has 0 rings (SSSR count). The van der Waals surface area contributed by atoms with Crippen LogP contribution in [0.15, 0.2) is 5.16 Å². The molecule has 0 radical (unpaired) electrons. The van der Waals surface area contributed by atoms with E-state index in [4.69, 9.17) is 10.9 Å². The van der Waals surface area contributed by atoms with Crippen molar-refractivity contribution in [2.24, 2.45) is 22.7 Å². The van der Waals surface area contributed by atoms with Gasteiger partial charge in [0.25, 0.3) is 0 Å². The lowest BCUT2D eigenvalue weighted by atomic mass is 10.0. The standard InChI is InChI=1S/C13H28N4O2/c1-6-11(12(14)16-19)13(18)15-10(7-9(2)3)8-17(4)5/h9-11,19H,6-8H2,1-5H3,(H2,14,16)(H,15,18). The molecule has 0 aliphatic rings. The normalized spacial score (nSPS) is 15.6. The van der Waals surface area contributed by atoms with Crippen LogP contribution in [-0.4, -0.2) is 48.5 Å². The van der Waals surface area contributed by atoms with E-state index in [1.807, 2.05) is 25.9 Å². The van der Waals surface area contributed by atoms with Crippen molar-refractivity contribution in [3.05, 3.63) is 0 Å². The summed E-state index contributed by atoms with van der Waals surface area (Å²) in [4.78, 5) is 14.2. The molecule has 0 aliphatic carbocycles. The lowest BCUT2D eigenvalue weighted by Crippen LogP contribution is -2.47. The number of hydrogen-bond acceptors (Lipinski definition) is 4. The molecule has 19 heavy (non-hydrogen) atoms. The first-order valence-electron chi connectivity index (χ1n) is 6.74. The van der Waals surface area contributed by atoms with Gasteiger partial charge >= 0.3 is 0 Å². The topological polar surface area (TPSA) is 91.0 Å². The number of nitrogens with zero attached hydrogens (tertiary/aromatic N) is 2. The number of likely N-dealkylation sites (N-methyl/N-ethyl adjacent to an activating group) is 1. The highest BCUT2D eigenvalue weighted by Gasteiger charge is 2.24. The van der Waals surface area contributed by atoms with E-state index in [2.05, 4.69) is 24.3 Å². The van der Waals surface area contributed by atoms with Gasteiger partial charge in [-0.15, -0.1) is 0 Å². The zero-order valence-corrected chi connectivity index (χ0v) is 12.7. The minimum Gasteiger partial charge on any atom is -0.409 e. The Morgan fingerprint density at radius 2 is 2.00 bits per heavy atom. The average Bonchev–Trinajstić information content (AvgIpc) is 2.27. The zero-order chi connectivity index (χ0) is 15.0. The molecule has 0 bridgehead atoms. The van der Waals surface area contributed by atoms with Crippen molar-refractivity contribution in [2.75, 3.05) is 20.6 Å². The lowest BCUT2D eigenvalue weighted by Gasteiger charge is -2.25. The fraction of sp³-hybridized carbons (Fsp3) is 0.846. The maximum absolute atomic E-state index is 12.1. The summed E-state index contributed by atoms with van der Waals surface area (Å²) in [6.45, 7) is 6.85. The van der Waals surface area contributed by atoms with E-state index in [9.17, 15) is 4.79 Å². The monoisotopic (exact) mass is 272 g/mol. The largest absolute Gasteiger partial charge is 0.409 e. The van der Waals surface area contributed by atoms with Crippen molar-refractivity contribution < 1.29 is 10.0 Å². The first-order chi connectivity index (χ1) is 8.81. The summed E-state index contributed by atoms with van der Waals surface area (Å²) < 4.78 is 0. The van der Waals surface area contributed by atoms with Crippen LogP contribution in [0.25, 0.3) is 0 Å². The maximum atomic E-state index is 12.1. The van der Waals surface area contributed by atoms with Gasteiger partial charge in [-0.1, -0.05) is 25.9 Å². The Bertz CT molecular complexity index is 293. The fourth-order valence-corrected chi connectivity index (χ4v) is 2.09. The van der Waals surface area contributed by atoms with Crippen LogP contribution >= 0.6 is 0 Å². The Morgan fingerprint density at radius 1 is 1.42 bits per heavy atom. The molecule has 0 saturated heterocycles. The van der Waals surface area contributed by atoms with Crippen LogP contribution in [0.1, 0.15) is 33.6 Å². The lowest BCUT2D eigenvalue weighted by molar-refractivity contribution is -0.124. The molecule has 0 aromatic rings. The second kappa shape index (κ2) is 8.74. The van der Waals surface area contributed by atoms with E-state index >= 15 is 0 Å². The molecule has 6 nitrogen and oxygen atoms in total. The van der Waals surface area contributed by atoms with Gasteiger partial charge in [-0.25, -0.2) is 0 Å². The Balaban J connectivity index is 4.67. The van der Waals surface area contributed by atoms with Gasteiger partial charge in [-0.3, -0.25) is 4.79 Å². The molecule has 0 spiro atoms. The number of amidine groups is 1. The van der Waals surface area contributed by atoms with Gasteiger partial charge in [-0.05, 0) is 32.9 Å². The summed E-state index contributed by atoms with van der Waals surface area (Å²) in [6, 6.07) is 0.0723. The van der Waals surface area contributed by atoms with E-state index in [-0.39, 0.29) is 17.8 Å². The van der Waals surface area contributed by atoms with Gasteiger partial charge in [0, 0.05) is 12.6 Å². The van der Waals surface area contributed by atoms with Gasteiger partial charge in [-0.2, -0.15) is 0 Å². The number of nitrogens with two attached hydrogens (primary N) is 1. The minimum atomic E-state index is -0.568. The fourth-order valence-electron chi connectivity index (χ4n) is 2.09. The highest BCUT2D eigenvalue weighted by molar-refractivity contribution is 6.02. The second-order valence-corrected chi connectivity index (χ2v) is 5.58. The number of carbonyl (C=O) groups is 1. The maximum Gasteiger partial charge on any atom is 0.231 e. The number of rotatable bonds is 8. The summed E-state index contributed by atoms with van der Waals surface area (Å²) in [5.74, 6) is -0.283. The predicted octanol–water partition coefficient (Wildman–Crippen LogP) is 0.852. The van der Waals surface area contributed by atoms with E-state index in [0.29, 0.717) is 12.3 Å². The molecular formula is C13H28N4O2. The van der Waals surface area contributed by atoms with Crippen LogP contribution in [0.4, 0.5) is 0 Å². The summed E-state index contributed by atoms with van der Waals surface area (Å²) in [6.07, 6.45) is 1.41. The summed E-state index contributed by atoms with van der Waals surface area (Å²) in [7, 11) is 3.95. The number of nitrogens with one attached hydrogen (secondary N) is 1. The number of hydrogen-bond donors (Lipinski definition) is 3. The van der Waals surface area contributed by atoms with Crippen molar-refractivity contribution >= 4 is 11.7 Å². The second-order valence-electron chi connectivity index (χ2n) is 5.58. The van der Waals surface area contributed by atoms with E-state index in [1.165, 1.54) is 0 Å². The van der Waals surface area contributed by atoms with Gasteiger partial charge < -0.3 is 21.2 Å². The van der Waals surface area contributed by atoms with Crippen molar-refractivity contribution in [3.8, 4) is 0 Å². The summed E-state index contributed by atoms with van der Waals surface area (Å²) in [5, 5.41) is 14.6. The third kappa shape index (κ3) is 7.00. The highest BCUT2D eigenvalue weighted by atomic mass is 16.4. The van der Waals surface area contributed by atoms with Crippen molar-refractivity contribution in [2.45, 2.75) is 39.7 Å². The van der Waals surface area contributed by atoms with Crippen molar-refractivity contribution in [1.29, 1.82) is 0 Å². The smallest absolute Gasteiger partial charge is 0.231 e. The molecule has 0 aromatic carbocycles. The van der Waals surface area contributed by atoms with Crippen LogP contribution in [-0.2, 0) is 4.79 Å². The Kier molecular flexibility index (Phi) is 8.14.